The van der Waals surface area contributed by atoms with Gasteiger partial charge in [-0.05, 0) is 60.2 Å². The van der Waals surface area contributed by atoms with E-state index < -0.39 is 5.82 Å². The van der Waals surface area contributed by atoms with Crippen LogP contribution in [0.5, 0.6) is 0 Å². The number of hydrogen-bond donors (Lipinski definition) is 1. The summed E-state index contributed by atoms with van der Waals surface area (Å²) in [7, 11) is 4.00. The summed E-state index contributed by atoms with van der Waals surface area (Å²) in [5.74, 6) is -0.961. The number of piperazine rings is 1. The third-order valence-corrected chi connectivity index (χ3v) is 6.28. The van der Waals surface area contributed by atoms with Gasteiger partial charge in [0.05, 0.1) is 6.04 Å². The highest BCUT2D eigenvalue weighted by molar-refractivity contribution is 5.94. The molecule has 0 spiro atoms. The summed E-state index contributed by atoms with van der Waals surface area (Å²) in [5, 5.41) is 3.00. The molecule has 0 bridgehead atoms. The van der Waals surface area contributed by atoms with Gasteiger partial charge in [-0.2, -0.15) is 0 Å². The molecule has 0 aliphatic carbocycles. The number of amides is 1. The summed E-state index contributed by atoms with van der Waals surface area (Å²) < 4.78 is 26.9. The number of rotatable bonds is 7. The van der Waals surface area contributed by atoms with Crippen molar-refractivity contribution in [3.8, 4) is 0 Å². The second kappa shape index (κ2) is 10.7. The summed E-state index contributed by atoms with van der Waals surface area (Å²) >= 11 is 0. The number of hydrogen-bond acceptors (Lipinski definition) is 4. The maximum Gasteiger partial charge on any atom is 0.251 e. The molecule has 34 heavy (non-hydrogen) atoms. The molecule has 5 nitrogen and oxygen atoms in total. The van der Waals surface area contributed by atoms with Gasteiger partial charge in [0.15, 0.2) is 0 Å². The lowest BCUT2D eigenvalue weighted by Crippen LogP contribution is -2.50. The summed E-state index contributed by atoms with van der Waals surface area (Å²) in [6.07, 6.45) is 0. The maximum absolute atomic E-state index is 13.6. The lowest BCUT2D eigenvalue weighted by Gasteiger charge is -2.40. The standard InChI is InChI=1S/C27H30F2N4O/c1-31(2)24-10-6-20(7-11-24)26(19-30-27(34)21-4-3-5-23(29)18-21)33-16-14-32(15-17-33)25-12-8-22(28)9-13-25/h3-13,18,26H,14-17,19H2,1-2H3,(H,30,34). The zero-order valence-corrected chi connectivity index (χ0v) is 19.5. The molecule has 1 unspecified atom stereocenters. The summed E-state index contributed by atoms with van der Waals surface area (Å²) in [4.78, 5) is 19.3. The Hall–Kier alpha value is -3.45. The molecule has 1 atom stereocenters. The lowest BCUT2D eigenvalue weighted by molar-refractivity contribution is 0.0929. The van der Waals surface area contributed by atoms with E-state index in [1.165, 1.54) is 30.3 Å². The van der Waals surface area contributed by atoms with Crippen molar-refractivity contribution < 1.29 is 13.6 Å². The molecule has 1 fully saturated rings. The first kappa shape index (κ1) is 23.7. The molecule has 0 aromatic heterocycles. The van der Waals surface area contributed by atoms with Crippen LogP contribution in [0.3, 0.4) is 0 Å². The maximum atomic E-state index is 13.6. The van der Waals surface area contributed by atoms with E-state index in [1.54, 1.807) is 6.07 Å². The van der Waals surface area contributed by atoms with Gasteiger partial charge in [0, 0.05) is 63.8 Å². The molecule has 3 aromatic carbocycles. The van der Waals surface area contributed by atoms with Crippen molar-refractivity contribution >= 4 is 17.3 Å². The topological polar surface area (TPSA) is 38.8 Å². The van der Waals surface area contributed by atoms with Crippen molar-refractivity contribution in [2.45, 2.75) is 6.04 Å². The van der Waals surface area contributed by atoms with Crippen LogP contribution in [0.25, 0.3) is 0 Å². The molecule has 1 saturated heterocycles. The van der Waals surface area contributed by atoms with Gasteiger partial charge in [-0.25, -0.2) is 8.78 Å². The molecular formula is C27H30F2N4O. The fraction of sp³-hybridized carbons (Fsp3) is 0.296. The molecule has 3 aromatic rings. The van der Waals surface area contributed by atoms with E-state index in [2.05, 4.69) is 39.4 Å². The molecule has 1 N–H and O–H groups in total. The second-order valence-corrected chi connectivity index (χ2v) is 8.72. The Kier molecular flexibility index (Phi) is 7.43. The number of anilines is 2. The Morgan fingerprint density at radius 1 is 0.912 bits per heavy atom. The Bertz CT molecular complexity index is 1090. The minimum absolute atomic E-state index is 0.0240. The first-order valence-corrected chi connectivity index (χ1v) is 11.5. The predicted octanol–water partition coefficient (Wildman–Crippen LogP) is 4.32. The van der Waals surface area contributed by atoms with Gasteiger partial charge >= 0.3 is 0 Å². The van der Waals surface area contributed by atoms with E-state index in [0.29, 0.717) is 12.1 Å². The van der Waals surface area contributed by atoms with E-state index in [0.717, 1.165) is 43.1 Å². The largest absolute Gasteiger partial charge is 0.378 e. The Morgan fingerprint density at radius 3 is 2.21 bits per heavy atom. The summed E-state index contributed by atoms with van der Waals surface area (Å²) in [6, 6.07) is 20.6. The quantitative estimate of drug-likeness (QED) is 0.565. The van der Waals surface area contributed by atoms with E-state index in [-0.39, 0.29) is 17.8 Å². The molecule has 1 heterocycles. The number of carbonyl (C=O) groups is 1. The van der Waals surface area contributed by atoms with E-state index >= 15 is 0 Å². The minimum Gasteiger partial charge on any atom is -0.378 e. The minimum atomic E-state index is -0.430. The van der Waals surface area contributed by atoms with Crippen LogP contribution < -0.4 is 15.1 Å². The molecule has 0 saturated carbocycles. The molecule has 178 valence electrons. The molecular weight excluding hydrogens is 434 g/mol. The highest BCUT2D eigenvalue weighted by Gasteiger charge is 2.26. The smallest absolute Gasteiger partial charge is 0.251 e. The molecule has 4 rings (SSSR count). The number of benzene rings is 3. The van der Waals surface area contributed by atoms with Gasteiger partial charge in [0.1, 0.15) is 11.6 Å². The summed E-state index contributed by atoms with van der Waals surface area (Å²) in [6.45, 7) is 3.61. The van der Waals surface area contributed by atoms with Gasteiger partial charge in [-0.3, -0.25) is 9.69 Å². The SMILES string of the molecule is CN(C)c1ccc(C(CNC(=O)c2cccc(F)c2)N2CCN(c3ccc(F)cc3)CC2)cc1. The van der Waals surface area contributed by atoms with Crippen molar-refractivity contribution in [3.63, 3.8) is 0 Å². The number of nitrogens with zero attached hydrogens (tertiary/aromatic N) is 3. The predicted molar refractivity (Wildman–Crippen MR) is 132 cm³/mol. The van der Waals surface area contributed by atoms with E-state index in [9.17, 15) is 13.6 Å². The summed E-state index contributed by atoms with van der Waals surface area (Å²) in [5.41, 5.74) is 3.53. The van der Waals surface area contributed by atoms with Crippen molar-refractivity contribution in [3.05, 3.63) is 95.6 Å². The van der Waals surface area contributed by atoms with Gasteiger partial charge < -0.3 is 15.1 Å². The van der Waals surface area contributed by atoms with Crippen molar-refractivity contribution in [1.29, 1.82) is 0 Å². The normalized spacial score (nSPS) is 15.1. The fourth-order valence-electron chi connectivity index (χ4n) is 4.32. The fourth-order valence-corrected chi connectivity index (χ4v) is 4.32. The van der Waals surface area contributed by atoms with Crippen LogP contribution in [0.15, 0.2) is 72.8 Å². The Morgan fingerprint density at radius 2 is 1.59 bits per heavy atom. The first-order chi connectivity index (χ1) is 16.4. The van der Waals surface area contributed by atoms with Crippen molar-refractivity contribution in [1.82, 2.24) is 10.2 Å². The van der Waals surface area contributed by atoms with Gasteiger partial charge in [0.25, 0.3) is 5.91 Å². The average molecular weight is 465 g/mol. The van der Waals surface area contributed by atoms with Crippen LogP contribution in [-0.2, 0) is 0 Å². The third-order valence-electron chi connectivity index (χ3n) is 6.28. The zero-order valence-electron chi connectivity index (χ0n) is 19.5. The number of halogens is 2. The highest BCUT2D eigenvalue weighted by Crippen LogP contribution is 2.26. The zero-order chi connectivity index (χ0) is 24.1. The van der Waals surface area contributed by atoms with Crippen LogP contribution in [0.2, 0.25) is 0 Å². The van der Waals surface area contributed by atoms with Crippen LogP contribution in [-0.4, -0.2) is 57.6 Å². The average Bonchev–Trinajstić information content (AvgIpc) is 2.85. The third kappa shape index (κ3) is 5.72. The molecule has 1 aliphatic heterocycles. The van der Waals surface area contributed by atoms with Gasteiger partial charge in [0.2, 0.25) is 0 Å². The van der Waals surface area contributed by atoms with Crippen LogP contribution in [0.4, 0.5) is 20.2 Å². The van der Waals surface area contributed by atoms with E-state index in [4.69, 9.17) is 0 Å². The highest BCUT2D eigenvalue weighted by atomic mass is 19.1. The molecule has 1 aliphatic rings. The monoisotopic (exact) mass is 464 g/mol. The lowest BCUT2D eigenvalue weighted by atomic mass is 10.0. The molecule has 7 heteroatoms. The molecule has 1 amide bonds. The Balaban J connectivity index is 1.48. The van der Waals surface area contributed by atoms with Gasteiger partial charge in [-0.1, -0.05) is 18.2 Å². The van der Waals surface area contributed by atoms with Crippen molar-refractivity contribution in [2.75, 3.05) is 56.6 Å². The number of carbonyl (C=O) groups excluding carboxylic acids is 1. The van der Waals surface area contributed by atoms with Crippen LogP contribution in [0.1, 0.15) is 22.0 Å². The number of nitrogens with one attached hydrogen (secondary N) is 1. The van der Waals surface area contributed by atoms with Gasteiger partial charge in [-0.15, -0.1) is 0 Å². The second-order valence-electron chi connectivity index (χ2n) is 8.72. The van der Waals surface area contributed by atoms with Crippen LogP contribution in [0, 0.1) is 11.6 Å². The van der Waals surface area contributed by atoms with E-state index in [1.807, 2.05) is 31.1 Å². The molecule has 0 radical (unpaired) electrons. The Labute approximate surface area is 199 Å². The van der Waals surface area contributed by atoms with Crippen LogP contribution >= 0.6 is 0 Å². The first-order valence-electron chi connectivity index (χ1n) is 11.5. The van der Waals surface area contributed by atoms with Crippen molar-refractivity contribution in [2.24, 2.45) is 0 Å².